The molecule has 3 unspecified atom stereocenters. The summed E-state index contributed by atoms with van der Waals surface area (Å²) in [6.07, 6.45) is 7.10. The molecule has 0 aromatic heterocycles. The van der Waals surface area contributed by atoms with Crippen LogP contribution < -0.4 is 0 Å². The van der Waals surface area contributed by atoms with Crippen molar-refractivity contribution in [3.63, 3.8) is 0 Å². The first-order chi connectivity index (χ1) is 9.58. The Labute approximate surface area is 121 Å². The maximum absolute atomic E-state index is 12.0. The normalized spacial score (nSPS) is 24.1. The quantitative estimate of drug-likeness (QED) is 0.691. The minimum absolute atomic E-state index is 0.192. The Hall–Kier alpha value is -1.06. The molecule has 0 aromatic carbocycles. The van der Waals surface area contributed by atoms with Crippen molar-refractivity contribution in [3.8, 4) is 0 Å². The molecule has 3 atom stereocenters. The zero-order valence-electron chi connectivity index (χ0n) is 12.8. The highest BCUT2D eigenvalue weighted by atomic mass is 16.5. The van der Waals surface area contributed by atoms with Gasteiger partial charge in [-0.3, -0.25) is 9.59 Å². The number of carbonyl (C=O) groups is 2. The zero-order chi connectivity index (χ0) is 15.0. The summed E-state index contributed by atoms with van der Waals surface area (Å²) >= 11 is 0. The lowest BCUT2D eigenvalue weighted by molar-refractivity contribution is -0.152. The Morgan fingerprint density at radius 1 is 1.20 bits per heavy atom. The number of ether oxygens (including phenoxy) is 1. The lowest BCUT2D eigenvalue weighted by atomic mass is 9.81. The van der Waals surface area contributed by atoms with Crippen LogP contribution in [0, 0.1) is 17.8 Å². The summed E-state index contributed by atoms with van der Waals surface area (Å²) in [4.78, 5) is 23.0. The molecule has 0 radical (unpaired) electrons. The van der Waals surface area contributed by atoms with E-state index in [1.54, 1.807) is 0 Å². The Bertz CT molecular complexity index is 314. The van der Waals surface area contributed by atoms with Crippen LogP contribution in [0.1, 0.15) is 65.2 Å². The average Bonchev–Trinajstić information content (AvgIpc) is 2.46. The van der Waals surface area contributed by atoms with E-state index < -0.39 is 5.97 Å². The van der Waals surface area contributed by atoms with Crippen molar-refractivity contribution >= 4 is 11.9 Å². The number of aliphatic carboxylic acids is 1. The molecule has 1 N–H and O–H groups in total. The maximum Gasteiger partial charge on any atom is 0.308 e. The predicted molar refractivity (Wildman–Crippen MR) is 77.3 cm³/mol. The van der Waals surface area contributed by atoms with E-state index in [0.29, 0.717) is 25.4 Å². The van der Waals surface area contributed by atoms with E-state index in [9.17, 15) is 9.59 Å². The predicted octanol–water partition coefficient (Wildman–Crippen LogP) is 3.64. The van der Waals surface area contributed by atoms with Gasteiger partial charge in [0, 0.05) is 0 Å². The van der Waals surface area contributed by atoms with Crippen LogP contribution in [0.25, 0.3) is 0 Å². The van der Waals surface area contributed by atoms with E-state index in [1.807, 2.05) is 0 Å². The highest BCUT2D eigenvalue weighted by Crippen LogP contribution is 2.30. The standard InChI is InChI=1S/C16H28O4/c1-3-6-12(4-2)9-10-20-16(19)14-8-5-7-13(11-14)15(17)18/h12-14H,3-11H2,1-2H3,(H,17,18). The molecular weight excluding hydrogens is 256 g/mol. The largest absolute Gasteiger partial charge is 0.481 e. The molecule has 4 nitrogen and oxygen atoms in total. The molecule has 0 aromatic rings. The number of carbonyl (C=O) groups excluding carboxylic acids is 1. The van der Waals surface area contributed by atoms with Gasteiger partial charge in [0.05, 0.1) is 18.4 Å². The highest BCUT2D eigenvalue weighted by Gasteiger charge is 2.31. The van der Waals surface area contributed by atoms with Gasteiger partial charge in [-0.25, -0.2) is 0 Å². The van der Waals surface area contributed by atoms with Gasteiger partial charge in [0.25, 0.3) is 0 Å². The van der Waals surface area contributed by atoms with Gasteiger partial charge in [0.15, 0.2) is 0 Å². The lowest BCUT2D eigenvalue weighted by Gasteiger charge is -2.25. The number of rotatable bonds is 8. The molecule has 4 heteroatoms. The molecule has 0 bridgehead atoms. The number of esters is 1. The molecule has 20 heavy (non-hydrogen) atoms. The SMILES string of the molecule is CCCC(CC)CCOC(=O)C1CCCC(C(=O)O)C1. The summed E-state index contributed by atoms with van der Waals surface area (Å²) in [7, 11) is 0. The number of hydrogen-bond acceptors (Lipinski definition) is 3. The zero-order valence-corrected chi connectivity index (χ0v) is 12.8. The van der Waals surface area contributed by atoms with Crippen LogP contribution in [0.2, 0.25) is 0 Å². The van der Waals surface area contributed by atoms with Gasteiger partial charge in [-0.2, -0.15) is 0 Å². The van der Waals surface area contributed by atoms with Crippen molar-refractivity contribution in [1.29, 1.82) is 0 Å². The van der Waals surface area contributed by atoms with Gasteiger partial charge < -0.3 is 9.84 Å². The van der Waals surface area contributed by atoms with Crippen molar-refractivity contribution in [2.75, 3.05) is 6.61 Å². The highest BCUT2D eigenvalue weighted by molar-refractivity contribution is 5.75. The lowest BCUT2D eigenvalue weighted by Crippen LogP contribution is -2.28. The van der Waals surface area contributed by atoms with Gasteiger partial charge in [0.1, 0.15) is 0 Å². The molecule has 0 spiro atoms. The van der Waals surface area contributed by atoms with Crippen molar-refractivity contribution in [1.82, 2.24) is 0 Å². The van der Waals surface area contributed by atoms with E-state index in [0.717, 1.165) is 32.1 Å². The van der Waals surface area contributed by atoms with E-state index >= 15 is 0 Å². The monoisotopic (exact) mass is 284 g/mol. The van der Waals surface area contributed by atoms with Crippen molar-refractivity contribution in [3.05, 3.63) is 0 Å². The van der Waals surface area contributed by atoms with Crippen LogP contribution in [0.4, 0.5) is 0 Å². The first-order valence-electron chi connectivity index (χ1n) is 7.97. The van der Waals surface area contributed by atoms with Crippen LogP contribution in [0.5, 0.6) is 0 Å². The third kappa shape index (κ3) is 5.51. The summed E-state index contributed by atoms with van der Waals surface area (Å²) in [5.74, 6) is -0.925. The fraction of sp³-hybridized carbons (Fsp3) is 0.875. The van der Waals surface area contributed by atoms with Crippen LogP contribution in [0.15, 0.2) is 0 Å². The van der Waals surface area contributed by atoms with Gasteiger partial charge in [-0.1, -0.05) is 39.5 Å². The molecule has 1 rings (SSSR count). The maximum atomic E-state index is 12.0. The number of carboxylic acid groups (broad SMARTS) is 1. The molecule has 1 saturated carbocycles. The first kappa shape index (κ1) is 17.0. The van der Waals surface area contributed by atoms with Gasteiger partial charge in [-0.15, -0.1) is 0 Å². The molecular formula is C16H28O4. The summed E-state index contributed by atoms with van der Waals surface area (Å²) < 4.78 is 5.36. The Morgan fingerprint density at radius 3 is 2.50 bits per heavy atom. The third-order valence-electron chi connectivity index (χ3n) is 4.40. The molecule has 0 heterocycles. The minimum Gasteiger partial charge on any atom is -0.481 e. The fourth-order valence-electron chi connectivity index (χ4n) is 3.03. The summed E-state index contributed by atoms with van der Waals surface area (Å²) in [6, 6.07) is 0. The summed E-state index contributed by atoms with van der Waals surface area (Å²) in [5.41, 5.74) is 0. The van der Waals surface area contributed by atoms with Crippen molar-refractivity contribution in [2.24, 2.45) is 17.8 Å². The van der Waals surface area contributed by atoms with E-state index in [-0.39, 0.29) is 17.8 Å². The van der Waals surface area contributed by atoms with Crippen molar-refractivity contribution < 1.29 is 19.4 Å². The molecule has 116 valence electrons. The van der Waals surface area contributed by atoms with Crippen LogP contribution >= 0.6 is 0 Å². The van der Waals surface area contributed by atoms with Gasteiger partial charge in [-0.05, 0) is 31.6 Å². The number of hydrogen-bond donors (Lipinski definition) is 1. The van der Waals surface area contributed by atoms with Crippen LogP contribution in [-0.4, -0.2) is 23.7 Å². The Kier molecular flexibility index (Phi) is 7.63. The molecule has 0 amide bonds. The summed E-state index contributed by atoms with van der Waals surface area (Å²) in [6.45, 7) is 4.81. The van der Waals surface area contributed by atoms with Crippen LogP contribution in [0.3, 0.4) is 0 Å². The average molecular weight is 284 g/mol. The van der Waals surface area contributed by atoms with E-state index in [2.05, 4.69) is 13.8 Å². The second-order valence-electron chi connectivity index (χ2n) is 5.92. The molecule has 1 fully saturated rings. The smallest absolute Gasteiger partial charge is 0.308 e. The molecule has 1 aliphatic rings. The second-order valence-corrected chi connectivity index (χ2v) is 5.92. The Balaban J connectivity index is 2.29. The van der Waals surface area contributed by atoms with E-state index in [1.165, 1.54) is 6.42 Å². The van der Waals surface area contributed by atoms with E-state index in [4.69, 9.17) is 9.84 Å². The van der Waals surface area contributed by atoms with Crippen LogP contribution in [-0.2, 0) is 14.3 Å². The van der Waals surface area contributed by atoms with Gasteiger partial charge >= 0.3 is 11.9 Å². The van der Waals surface area contributed by atoms with Gasteiger partial charge in [0.2, 0.25) is 0 Å². The topological polar surface area (TPSA) is 63.6 Å². The molecule has 0 aliphatic heterocycles. The summed E-state index contributed by atoms with van der Waals surface area (Å²) in [5, 5.41) is 9.03. The third-order valence-corrected chi connectivity index (χ3v) is 4.40. The second kappa shape index (κ2) is 8.98. The fourth-order valence-corrected chi connectivity index (χ4v) is 3.03. The first-order valence-corrected chi connectivity index (χ1v) is 7.97. The minimum atomic E-state index is -0.781. The number of carboxylic acids is 1. The van der Waals surface area contributed by atoms with Crippen molar-refractivity contribution in [2.45, 2.75) is 65.2 Å². The Morgan fingerprint density at radius 2 is 1.90 bits per heavy atom. The molecule has 1 aliphatic carbocycles. The molecule has 0 saturated heterocycles.